The number of nitrogens with one attached hydrogen (secondary N) is 1. The first-order valence-corrected chi connectivity index (χ1v) is 14.0. The fourth-order valence-electron chi connectivity index (χ4n) is 4.87. The molecule has 0 saturated heterocycles. The van der Waals surface area contributed by atoms with Crippen molar-refractivity contribution in [2.75, 3.05) is 13.1 Å². The Kier molecular flexibility index (Phi) is 10.1. The van der Waals surface area contributed by atoms with Crippen molar-refractivity contribution in [1.29, 1.82) is 0 Å². The number of nitrogens with zero attached hydrogens (tertiary/aromatic N) is 3. The van der Waals surface area contributed by atoms with E-state index in [-0.39, 0.29) is 0 Å². The molecule has 4 heteroatoms. The summed E-state index contributed by atoms with van der Waals surface area (Å²) in [5, 5.41) is 3.37. The standard InChI is InChI=1S/C32H42N4/c1-3-4-5-6-8-12-25(2)32-35-29(16-11-15-26-13-9-7-10-14-26)24-30(36-32)28-19-17-27(18-20-28)23-31-33-21-22-34-31/h7,9-10,13-14,17-20,24-25H,3-6,8,11-12,15-16,21-23H2,1-2H3,(H,33,34). The van der Waals surface area contributed by atoms with Gasteiger partial charge < -0.3 is 5.32 Å². The quantitative estimate of drug-likeness (QED) is 0.245. The van der Waals surface area contributed by atoms with E-state index in [9.17, 15) is 0 Å². The van der Waals surface area contributed by atoms with E-state index >= 15 is 0 Å². The smallest absolute Gasteiger partial charge is 0.132 e. The summed E-state index contributed by atoms with van der Waals surface area (Å²) < 4.78 is 0. The number of unbranched alkanes of at least 4 members (excludes halogenated alkanes) is 4. The van der Waals surface area contributed by atoms with Gasteiger partial charge in [0.1, 0.15) is 11.7 Å². The highest BCUT2D eigenvalue weighted by Crippen LogP contribution is 2.25. The van der Waals surface area contributed by atoms with Gasteiger partial charge in [0.2, 0.25) is 0 Å². The summed E-state index contributed by atoms with van der Waals surface area (Å²) in [6.07, 6.45) is 11.7. The van der Waals surface area contributed by atoms with E-state index in [1.54, 1.807) is 0 Å². The molecule has 1 atom stereocenters. The molecule has 1 unspecified atom stereocenters. The summed E-state index contributed by atoms with van der Waals surface area (Å²) in [4.78, 5) is 14.7. The molecule has 2 heterocycles. The molecule has 1 aliphatic rings. The van der Waals surface area contributed by atoms with Gasteiger partial charge in [-0.25, -0.2) is 9.97 Å². The lowest BCUT2D eigenvalue weighted by Crippen LogP contribution is -2.20. The SMILES string of the molecule is CCCCCCCC(C)c1nc(CCCc2ccccc2)cc(-c2ccc(CC3=NCCN3)cc2)n1. The third-order valence-corrected chi connectivity index (χ3v) is 7.08. The monoisotopic (exact) mass is 482 g/mol. The zero-order valence-corrected chi connectivity index (χ0v) is 22.2. The number of aryl methyl sites for hydroxylation is 2. The van der Waals surface area contributed by atoms with Crippen LogP contribution in [-0.2, 0) is 19.3 Å². The van der Waals surface area contributed by atoms with Crippen LogP contribution in [0.2, 0.25) is 0 Å². The summed E-state index contributed by atoms with van der Waals surface area (Å²) in [6.45, 7) is 6.42. The van der Waals surface area contributed by atoms with Gasteiger partial charge in [-0.2, -0.15) is 0 Å². The molecular weight excluding hydrogens is 440 g/mol. The maximum Gasteiger partial charge on any atom is 0.132 e. The average Bonchev–Trinajstić information content (AvgIpc) is 3.42. The Morgan fingerprint density at radius 1 is 0.833 bits per heavy atom. The zero-order valence-electron chi connectivity index (χ0n) is 22.2. The van der Waals surface area contributed by atoms with Gasteiger partial charge in [0.05, 0.1) is 12.2 Å². The second-order valence-electron chi connectivity index (χ2n) is 10.2. The molecule has 1 aliphatic heterocycles. The predicted octanol–water partition coefficient (Wildman–Crippen LogP) is 7.33. The number of hydrogen-bond acceptors (Lipinski definition) is 4. The van der Waals surface area contributed by atoms with Crippen LogP contribution in [-0.4, -0.2) is 28.9 Å². The lowest BCUT2D eigenvalue weighted by atomic mass is 10.00. The number of aliphatic imine (C=N–C) groups is 1. The van der Waals surface area contributed by atoms with Crippen molar-refractivity contribution in [1.82, 2.24) is 15.3 Å². The van der Waals surface area contributed by atoms with Crippen LogP contribution in [0.5, 0.6) is 0 Å². The molecule has 0 aliphatic carbocycles. The third kappa shape index (κ3) is 8.01. The number of rotatable bonds is 14. The molecule has 0 spiro atoms. The fourth-order valence-corrected chi connectivity index (χ4v) is 4.87. The molecule has 0 amide bonds. The normalized spacial score (nSPS) is 13.9. The van der Waals surface area contributed by atoms with Crippen LogP contribution in [0, 0.1) is 0 Å². The number of amidine groups is 1. The van der Waals surface area contributed by atoms with Crippen molar-refractivity contribution in [3.63, 3.8) is 0 Å². The predicted molar refractivity (Wildman–Crippen MR) is 152 cm³/mol. The lowest BCUT2D eigenvalue weighted by Gasteiger charge is -2.14. The van der Waals surface area contributed by atoms with E-state index < -0.39 is 0 Å². The molecule has 4 nitrogen and oxygen atoms in total. The molecule has 2 aromatic carbocycles. The fraction of sp³-hybridized carbons (Fsp3) is 0.469. The molecular formula is C32H42N4. The molecule has 0 fully saturated rings. The van der Waals surface area contributed by atoms with Crippen molar-refractivity contribution >= 4 is 5.84 Å². The summed E-state index contributed by atoms with van der Waals surface area (Å²) >= 11 is 0. The van der Waals surface area contributed by atoms with Gasteiger partial charge in [0.25, 0.3) is 0 Å². The Hall–Kier alpha value is -3.01. The van der Waals surface area contributed by atoms with Gasteiger partial charge in [-0.15, -0.1) is 0 Å². The Morgan fingerprint density at radius 2 is 1.64 bits per heavy atom. The maximum atomic E-state index is 5.07. The first-order valence-electron chi connectivity index (χ1n) is 14.0. The van der Waals surface area contributed by atoms with E-state index in [4.69, 9.17) is 9.97 Å². The minimum absolute atomic E-state index is 0.380. The van der Waals surface area contributed by atoms with E-state index in [0.29, 0.717) is 5.92 Å². The zero-order chi connectivity index (χ0) is 25.0. The molecule has 0 saturated carbocycles. The molecule has 3 aromatic rings. The lowest BCUT2D eigenvalue weighted by molar-refractivity contribution is 0.550. The third-order valence-electron chi connectivity index (χ3n) is 7.08. The van der Waals surface area contributed by atoms with Crippen LogP contribution in [0.1, 0.15) is 87.4 Å². The van der Waals surface area contributed by atoms with Crippen LogP contribution in [0.4, 0.5) is 0 Å². The highest BCUT2D eigenvalue weighted by molar-refractivity contribution is 5.85. The highest BCUT2D eigenvalue weighted by Gasteiger charge is 2.14. The molecule has 1 aromatic heterocycles. The van der Waals surface area contributed by atoms with Gasteiger partial charge in [-0.05, 0) is 42.9 Å². The Bertz CT molecular complexity index is 1090. The van der Waals surface area contributed by atoms with Gasteiger partial charge in [-0.1, -0.05) is 101 Å². The topological polar surface area (TPSA) is 50.2 Å². The molecule has 0 radical (unpaired) electrons. The summed E-state index contributed by atoms with van der Waals surface area (Å²) in [5.74, 6) is 2.48. The Labute approximate surface area is 217 Å². The van der Waals surface area contributed by atoms with E-state index in [1.165, 1.54) is 48.8 Å². The van der Waals surface area contributed by atoms with Crippen LogP contribution in [0.15, 0.2) is 65.7 Å². The van der Waals surface area contributed by atoms with Crippen molar-refractivity contribution in [2.24, 2.45) is 4.99 Å². The number of hydrogen-bond donors (Lipinski definition) is 1. The van der Waals surface area contributed by atoms with E-state index in [0.717, 1.165) is 68.2 Å². The first-order chi connectivity index (χ1) is 17.7. The summed E-state index contributed by atoms with van der Waals surface area (Å²) in [5.41, 5.74) is 6.06. The molecule has 190 valence electrons. The van der Waals surface area contributed by atoms with Crippen LogP contribution in [0.25, 0.3) is 11.3 Å². The van der Waals surface area contributed by atoms with Gasteiger partial charge in [0, 0.05) is 30.1 Å². The molecule has 0 bridgehead atoms. The minimum atomic E-state index is 0.380. The second-order valence-corrected chi connectivity index (χ2v) is 10.2. The van der Waals surface area contributed by atoms with Crippen molar-refractivity contribution in [3.05, 3.63) is 83.3 Å². The maximum absolute atomic E-state index is 5.07. The summed E-state index contributed by atoms with van der Waals surface area (Å²) in [7, 11) is 0. The van der Waals surface area contributed by atoms with E-state index in [1.807, 2.05) is 0 Å². The summed E-state index contributed by atoms with van der Waals surface area (Å²) in [6, 6.07) is 21.8. The number of aromatic nitrogens is 2. The van der Waals surface area contributed by atoms with Crippen molar-refractivity contribution in [3.8, 4) is 11.3 Å². The Balaban J connectivity index is 1.47. The van der Waals surface area contributed by atoms with Gasteiger partial charge in [-0.3, -0.25) is 4.99 Å². The first kappa shape index (κ1) is 26.1. The molecule has 4 rings (SSSR count). The average molecular weight is 483 g/mol. The van der Waals surface area contributed by atoms with Crippen LogP contribution >= 0.6 is 0 Å². The van der Waals surface area contributed by atoms with Crippen molar-refractivity contribution < 1.29 is 0 Å². The van der Waals surface area contributed by atoms with E-state index in [2.05, 4.69) is 84.8 Å². The minimum Gasteiger partial charge on any atom is -0.372 e. The molecule has 1 N–H and O–H groups in total. The molecule has 36 heavy (non-hydrogen) atoms. The highest BCUT2D eigenvalue weighted by atomic mass is 15.1. The number of benzene rings is 2. The van der Waals surface area contributed by atoms with Gasteiger partial charge in [0.15, 0.2) is 0 Å². The van der Waals surface area contributed by atoms with Gasteiger partial charge >= 0.3 is 0 Å². The van der Waals surface area contributed by atoms with Crippen LogP contribution < -0.4 is 5.32 Å². The second kappa shape index (κ2) is 13.9. The van der Waals surface area contributed by atoms with Crippen LogP contribution in [0.3, 0.4) is 0 Å². The Morgan fingerprint density at radius 3 is 2.39 bits per heavy atom. The van der Waals surface area contributed by atoms with Crippen molar-refractivity contribution in [2.45, 2.75) is 84.0 Å². The largest absolute Gasteiger partial charge is 0.372 e.